The van der Waals surface area contributed by atoms with E-state index in [9.17, 15) is 0 Å². The molecule has 0 unspecified atom stereocenters. The summed E-state index contributed by atoms with van der Waals surface area (Å²) in [5.74, 6) is 0. The fourth-order valence-electron chi connectivity index (χ4n) is 1.43. The molecule has 0 aliphatic rings. The summed E-state index contributed by atoms with van der Waals surface area (Å²) in [6.45, 7) is 4.27. The van der Waals surface area contributed by atoms with Gasteiger partial charge in [-0.05, 0) is 30.0 Å². The predicted molar refractivity (Wildman–Crippen MR) is 72.1 cm³/mol. The molecule has 0 fully saturated rings. The number of halogens is 1. The number of aromatic nitrogens is 2. The van der Waals surface area contributed by atoms with Gasteiger partial charge in [0.1, 0.15) is 0 Å². The van der Waals surface area contributed by atoms with Gasteiger partial charge in [-0.15, -0.1) is 0 Å². The second-order valence-electron chi connectivity index (χ2n) is 4.14. The molecule has 5 nitrogen and oxygen atoms in total. The lowest BCUT2D eigenvalue weighted by Crippen LogP contribution is -2.24. The zero-order valence-electron chi connectivity index (χ0n) is 10.7. The zero-order chi connectivity index (χ0) is 12.7. The Morgan fingerprint density at radius 2 is 2.29 bits per heavy atom. The van der Waals surface area contributed by atoms with E-state index < -0.39 is 0 Å². The lowest BCUT2D eigenvalue weighted by molar-refractivity contribution is 0.199. The number of nitrogens with zero attached hydrogens (tertiary/aromatic N) is 3. The molecule has 0 aliphatic carbocycles. The van der Waals surface area contributed by atoms with E-state index in [1.165, 1.54) is 5.69 Å². The van der Waals surface area contributed by atoms with E-state index in [2.05, 4.69) is 45.3 Å². The smallest absolute Gasteiger partial charge is 0.0664 e. The van der Waals surface area contributed by atoms with Crippen LogP contribution in [0.4, 0.5) is 0 Å². The number of nitrogens with one attached hydrogen (secondary N) is 1. The molecule has 1 heterocycles. The largest absolute Gasteiger partial charge is 0.383 e. The lowest BCUT2D eigenvalue weighted by atomic mass is 10.4. The highest BCUT2D eigenvalue weighted by Crippen LogP contribution is 2.15. The SMILES string of the molecule is COCCNCc1c(Br)cnn1CCN(C)C. The molecule has 98 valence electrons. The van der Waals surface area contributed by atoms with E-state index >= 15 is 0 Å². The molecule has 0 saturated heterocycles. The Kier molecular flexibility index (Phi) is 6.72. The summed E-state index contributed by atoms with van der Waals surface area (Å²) in [5.41, 5.74) is 1.18. The van der Waals surface area contributed by atoms with Crippen LogP contribution in [-0.4, -0.2) is 55.6 Å². The molecule has 6 heteroatoms. The van der Waals surface area contributed by atoms with Gasteiger partial charge in [0.15, 0.2) is 0 Å². The number of hydrogen-bond acceptors (Lipinski definition) is 4. The molecule has 0 atom stereocenters. The van der Waals surface area contributed by atoms with Crippen molar-refractivity contribution < 1.29 is 4.74 Å². The highest BCUT2D eigenvalue weighted by Gasteiger charge is 2.08. The quantitative estimate of drug-likeness (QED) is 0.726. The highest BCUT2D eigenvalue weighted by molar-refractivity contribution is 9.10. The van der Waals surface area contributed by atoms with Crippen molar-refractivity contribution in [3.8, 4) is 0 Å². The summed E-state index contributed by atoms with van der Waals surface area (Å²) in [6.07, 6.45) is 1.85. The number of methoxy groups -OCH3 is 1. The summed E-state index contributed by atoms with van der Waals surface area (Å²) in [4.78, 5) is 2.15. The summed E-state index contributed by atoms with van der Waals surface area (Å²) < 4.78 is 8.09. The Hall–Kier alpha value is -0.430. The van der Waals surface area contributed by atoms with Crippen molar-refractivity contribution in [1.29, 1.82) is 0 Å². The van der Waals surface area contributed by atoms with Crippen LogP contribution in [0, 0.1) is 0 Å². The van der Waals surface area contributed by atoms with Crippen molar-refractivity contribution >= 4 is 15.9 Å². The van der Waals surface area contributed by atoms with Crippen molar-refractivity contribution in [1.82, 2.24) is 20.0 Å². The van der Waals surface area contributed by atoms with Crippen LogP contribution in [0.25, 0.3) is 0 Å². The van der Waals surface area contributed by atoms with Crippen molar-refractivity contribution in [3.05, 3.63) is 16.4 Å². The first-order chi connectivity index (χ1) is 8.15. The maximum Gasteiger partial charge on any atom is 0.0664 e. The van der Waals surface area contributed by atoms with Gasteiger partial charge in [-0.3, -0.25) is 4.68 Å². The van der Waals surface area contributed by atoms with Gasteiger partial charge in [0, 0.05) is 26.7 Å². The van der Waals surface area contributed by atoms with Crippen LogP contribution in [-0.2, 0) is 17.8 Å². The van der Waals surface area contributed by atoms with E-state index in [0.717, 1.165) is 37.3 Å². The van der Waals surface area contributed by atoms with Crippen LogP contribution >= 0.6 is 15.9 Å². The number of hydrogen-bond donors (Lipinski definition) is 1. The second-order valence-corrected chi connectivity index (χ2v) is 4.99. The Morgan fingerprint density at radius 1 is 1.53 bits per heavy atom. The molecule has 0 aromatic carbocycles. The summed E-state index contributed by atoms with van der Waals surface area (Å²) in [6, 6.07) is 0. The summed E-state index contributed by atoms with van der Waals surface area (Å²) in [5, 5.41) is 7.69. The van der Waals surface area contributed by atoms with E-state index in [4.69, 9.17) is 4.74 Å². The van der Waals surface area contributed by atoms with Gasteiger partial charge in [0.25, 0.3) is 0 Å². The van der Waals surface area contributed by atoms with Crippen LogP contribution in [0.1, 0.15) is 5.69 Å². The third-order valence-electron chi connectivity index (χ3n) is 2.43. The van der Waals surface area contributed by atoms with Gasteiger partial charge in [-0.1, -0.05) is 0 Å². The third-order valence-corrected chi connectivity index (χ3v) is 3.09. The fourth-order valence-corrected chi connectivity index (χ4v) is 1.87. The molecule has 0 radical (unpaired) electrons. The van der Waals surface area contributed by atoms with Crippen LogP contribution < -0.4 is 5.32 Å². The van der Waals surface area contributed by atoms with Gasteiger partial charge in [0.2, 0.25) is 0 Å². The highest BCUT2D eigenvalue weighted by atomic mass is 79.9. The van der Waals surface area contributed by atoms with Crippen molar-refractivity contribution in [2.24, 2.45) is 0 Å². The summed E-state index contributed by atoms with van der Waals surface area (Å²) >= 11 is 3.53. The van der Waals surface area contributed by atoms with E-state index in [0.29, 0.717) is 0 Å². The minimum absolute atomic E-state index is 0.726. The van der Waals surface area contributed by atoms with Gasteiger partial charge < -0.3 is 15.0 Å². The van der Waals surface area contributed by atoms with Gasteiger partial charge in [0.05, 0.1) is 29.5 Å². The lowest BCUT2D eigenvalue weighted by Gasteiger charge is -2.12. The van der Waals surface area contributed by atoms with Crippen LogP contribution in [0.3, 0.4) is 0 Å². The topological polar surface area (TPSA) is 42.3 Å². The molecule has 1 rings (SSSR count). The first-order valence-electron chi connectivity index (χ1n) is 5.69. The Balaban J connectivity index is 2.47. The standard InChI is InChI=1S/C11H21BrN4O/c1-15(2)5-6-16-11(10(12)8-14-16)9-13-4-7-17-3/h8,13H,4-7,9H2,1-3H3. The van der Waals surface area contributed by atoms with Crippen molar-refractivity contribution in [3.63, 3.8) is 0 Å². The molecule has 0 bridgehead atoms. The molecular formula is C11H21BrN4O. The molecule has 1 aromatic heterocycles. The average molecular weight is 305 g/mol. The maximum atomic E-state index is 5.00. The van der Waals surface area contributed by atoms with Gasteiger partial charge >= 0.3 is 0 Å². The molecule has 0 amide bonds. The maximum absolute atomic E-state index is 5.00. The van der Waals surface area contributed by atoms with E-state index in [1.807, 2.05) is 10.9 Å². The van der Waals surface area contributed by atoms with Crippen molar-refractivity contribution in [2.45, 2.75) is 13.1 Å². The molecule has 1 N–H and O–H groups in total. The Bertz CT molecular complexity index is 327. The zero-order valence-corrected chi connectivity index (χ0v) is 12.3. The first-order valence-corrected chi connectivity index (χ1v) is 6.49. The van der Waals surface area contributed by atoms with Crippen LogP contribution in [0.5, 0.6) is 0 Å². The molecule has 0 saturated carbocycles. The van der Waals surface area contributed by atoms with Crippen LogP contribution in [0.15, 0.2) is 10.7 Å². The molecular weight excluding hydrogens is 284 g/mol. The van der Waals surface area contributed by atoms with Crippen molar-refractivity contribution in [2.75, 3.05) is 40.9 Å². The molecule has 1 aromatic rings. The monoisotopic (exact) mass is 304 g/mol. The number of likely N-dealkylation sites (N-methyl/N-ethyl adjacent to an activating group) is 1. The second kappa shape index (κ2) is 7.81. The normalized spacial score (nSPS) is 11.4. The minimum Gasteiger partial charge on any atom is -0.383 e. The van der Waals surface area contributed by atoms with Crippen LogP contribution in [0.2, 0.25) is 0 Å². The first kappa shape index (κ1) is 14.6. The number of rotatable bonds is 8. The minimum atomic E-state index is 0.726. The van der Waals surface area contributed by atoms with Gasteiger partial charge in [-0.25, -0.2) is 0 Å². The average Bonchev–Trinajstić information content (AvgIpc) is 2.63. The van der Waals surface area contributed by atoms with Gasteiger partial charge in [-0.2, -0.15) is 5.10 Å². The van der Waals surface area contributed by atoms with E-state index in [-0.39, 0.29) is 0 Å². The number of ether oxygens (including phenoxy) is 1. The fraction of sp³-hybridized carbons (Fsp3) is 0.727. The Labute approximate surface area is 111 Å². The molecule has 17 heavy (non-hydrogen) atoms. The molecule has 0 aliphatic heterocycles. The molecule has 0 spiro atoms. The summed E-state index contributed by atoms with van der Waals surface area (Å²) in [7, 11) is 5.84. The predicted octanol–water partition coefficient (Wildman–Crippen LogP) is 0.943. The Morgan fingerprint density at radius 3 is 2.94 bits per heavy atom. The third kappa shape index (κ3) is 5.16. The van der Waals surface area contributed by atoms with E-state index in [1.54, 1.807) is 7.11 Å².